The van der Waals surface area contributed by atoms with Gasteiger partial charge in [-0.05, 0) is 76.1 Å². The van der Waals surface area contributed by atoms with E-state index in [1.165, 1.54) is 12.1 Å². The Hall–Kier alpha value is -4.09. The van der Waals surface area contributed by atoms with E-state index in [-0.39, 0.29) is 28.9 Å². The highest BCUT2D eigenvalue weighted by Gasteiger charge is 2.42. The number of benzene rings is 2. The topological polar surface area (TPSA) is 120 Å². The number of hydrogen-bond donors (Lipinski definition) is 2. The molecule has 222 valence electrons. The van der Waals surface area contributed by atoms with Crippen LogP contribution >= 0.6 is 15.9 Å². The van der Waals surface area contributed by atoms with E-state index in [1.54, 1.807) is 61.2 Å². The molecule has 0 saturated heterocycles. The summed E-state index contributed by atoms with van der Waals surface area (Å²) in [6.07, 6.45) is 8.53. The number of carbonyl (C=O) groups is 2. The number of nitrogens with one attached hydrogen (secondary N) is 1. The second-order valence-corrected chi connectivity index (χ2v) is 13.2. The largest absolute Gasteiger partial charge is 0.477 e. The molecular formula is C32H30BrN3O6S. The zero-order chi connectivity index (χ0) is 30.3. The predicted octanol–water partition coefficient (Wildman–Crippen LogP) is 6.26. The van der Waals surface area contributed by atoms with Gasteiger partial charge in [0.1, 0.15) is 11.9 Å². The normalized spacial score (nSPS) is 16.9. The molecule has 2 aromatic rings. The van der Waals surface area contributed by atoms with Gasteiger partial charge in [0.15, 0.2) is 0 Å². The molecule has 2 aliphatic carbocycles. The molecule has 2 heterocycles. The van der Waals surface area contributed by atoms with Gasteiger partial charge in [-0.3, -0.25) is 4.79 Å². The third-order valence-electron chi connectivity index (χ3n) is 7.94. The summed E-state index contributed by atoms with van der Waals surface area (Å²) in [5.74, 6) is -1.77. The van der Waals surface area contributed by atoms with Crippen molar-refractivity contribution in [1.29, 1.82) is 0 Å². The molecule has 2 aromatic carbocycles. The third kappa shape index (κ3) is 5.43. The SMILES string of the molecule is CCCC1N(Cc2c3ccocc-3c(Br)c2-c2ccccc2C(=O)NS(=O)(=O)c2ccccc2)C(C(=O)O)=CN1C1CC1. The maximum absolute atomic E-state index is 13.6. The number of hydrogen-bond acceptors (Lipinski definition) is 7. The summed E-state index contributed by atoms with van der Waals surface area (Å²) in [4.78, 5) is 30.2. The van der Waals surface area contributed by atoms with Gasteiger partial charge in [-0.25, -0.2) is 17.9 Å². The smallest absolute Gasteiger partial charge is 0.353 e. The van der Waals surface area contributed by atoms with Crippen LogP contribution < -0.4 is 4.72 Å². The lowest BCUT2D eigenvalue weighted by Crippen LogP contribution is -2.41. The summed E-state index contributed by atoms with van der Waals surface area (Å²) in [5, 5.41) is 10.2. The average molecular weight is 665 g/mol. The van der Waals surface area contributed by atoms with Crippen LogP contribution in [0.25, 0.3) is 22.3 Å². The van der Waals surface area contributed by atoms with Gasteiger partial charge in [0.2, 0.25) is 0 Å². The highest BCUT2D eigenvalue weighted by atomic mass is 79.9. The summed E-state index contributed by atoms with van der Waals surface area (Å²) < 4.78 is 34.4. The lowest BCUT2D eigenvalue weighted by Gasteiger charge is -2.34. The maximum atomic E-state index is 13.6. The quantitative estimate of drug-likeness (QED) is 0.204. The highest BCUT2D eigenvalue weighted by Crippen LogP contribution is 2.48. The van der Waals surface area contributed by atoms with Crippen LogP contribution in [-0.2, 0) is 21.4 Å². The molecule has 1 fully saturated rings. The first-order valence-corrected chi connectivity index (χ1v) is 16.4. The van der Waals surface area contributed by atoms with Gasteiger partial charge in [-0.2, -0.15) is 0 Å². The molecule has 2 N–H and O–H groups in total. The van der Waals surface area contributed by atoms with E-state index in [1.807, 2.05) is 11.0 Å². The van der Waals surface area contributed by atoms with Gasteiger partial charge in [0.25, 0.3) is 15.9 Å². The van der Waals surface area contributed by atoms with Crippen molar-refractivity contribution in [2.24, 2.45) is 0 Å². The van der Waals surface area contributed by atoms with Gasteiger partial charge in [0.05, 0.1) is 17.4 Å². The van der Waals surface area contributed by atoms with Crippen LogP contribution in [0.15, 0.2) is 98.9 Å². The van der Waals surface area contributed by atoms with Gasteiger partial charge >= 0.3 is 5.97 Å². The molecule has 6 rings (SSSR count). The van der Waals surface area contributed by atoms with Crippen molar-refractivity contribution >= 4 is 37.8 Å². The Labute approximate surface area is 258 Å². The molecule has 0 radical (unpaired) electrons. The Kier molecular flexibility index (Phi) is 7.78. The molecule has 1 atom stereocenters. The first-order chi connectivity index (χ1) is 20.7. The summed E-state index contributed by atoms with van der Waals surface area (Å²) in [6, 6.07) is 16.7. The van der Waals surface area contributed by atoms with E-state index in [0.29, 0.717) is 21.6 Å². The van der Waals surface area contributed by atoms with Crippen LogP contribution in [0.5, 0.6) is 0 Å². The van der Waals surface area contributed by atoms with Gasteiger partial charge in [-0.1, -0.05) is 49.7 Å². The first kappa shape index (κ1) is 29.0. The van der Waals surface area contributed by atoms with E-state index in [0.717, 1.165) is 42.4 Å². The zero-order valence-corrected chi connectivity index (χ0v) is 25.8. The number of nitrogens with zero attached hydrogens (tertiary/aromatic N) is 2. The van der Waals surface area contributed by atoms with Crippen molar-refractivity contribution in [3.8, 4) is 22.3 Å². The maximum Gasteiger partial charge on any atom is 0.353 e. The summed E-state index contributed by atoms with van der Waals surface area (Å²) in [7, 11) is -4.12. The van der Waals surface area contributed by atoms with E-state index in [2.05, 4.69) is 32.5 Å². The zero-order valence-electron chi connectivity index (χ0n) is 23.4. The summed E-state index contributed by atoms with van der Waals surface area (Å²) in [6.45, 7) is 2.34. The highest BCUT2D eigenvalue weighted by molar-refractivity contribution is 9.10. The fraction of sp³-hybridized carbons (Fsp3) is 0.250. The van der Waals surface area contributed by atoms with Gasteiger partial charge in [-0.15, -0.1) is 0 Å². The molecule has 0 bridgehead atoms. The van der Waals surface area contributed by atoms with Crippen LogP contribution in [0, 0.1) is 0 Å². The van der Waals surface area contributed by atoms with Crippen LogP contribution in [0.1, 0.15) is 48.5 Å². The fourth-order valence-corrected chi connectivity index (χ4v) is 7.58. The number of fused-ring (bicyclic) bond motifs is 1. The van der Waals surface area contributed by atoms with Crippen molar-refractivity contribution in [3.05, 3.63) is 101 Å². The molecule has 1 unspecified atom stereocenters. The van der Waals surface area contributed by atoms with Crippen LogP contribution in [-0.4, -0.2) is 47.4 Å². The first-order valence-electron chi connectivity index (χ1n) is 14.1. The Morgan fingerprint density at radius 3 is 2.44 bits per heavy atom. The molecule has 0 spiro atoms. The standard InChI is InChI=1S/C32H30BrN3O6S/c1-2-8-28-35(20-13-14-20)18-27(32(38)39)36(28)17-25-22-15-16-42-19-26(22)30(33)29(25)23-11-6-7-12-24(23)31(37)34-43(40,41)21-9-4-3-5-10-21/h3-7,9-12,15-16,18-20,28H,2,8,13-14,17H2,1H3,(H,34,37)(H,38,39). The van der Waals surface area contributed by atoms with E-state index < -0.39 is 21.9 Å². The van der Waals surface area contributed by atoms with Crippen molar-refractivity contribution in [3.63, 3.8) is 0 Å². The van der Waals surface area contributed by atoms with Crippen LogP contribution in [0.4, 0.5) is 0 Å². The Morgan fingerprint density at radius 2 is 1.74 bits per heavy atom. The van der Waals surface area contributed by atoms with E-state index in [9.17, 15) is 23.1 Å². The molecule has 0 aromatic heterocycles. The monoisotopic (exact) mass is 663 g/mol. The minimum Gasteiger partial charge on any atom is -0.477 e. The van der Waals surface area contributed by atoms with Crippen molar-refractivity contribution in [2.75, 3.05) is 0 Å². The number of amides is 1. The Morgan fingerprint density at radius 1 is 1.02 bits per heavy atom. The van der Waals surface area contributed by atoms with Crippen molar-refractivity contribution < 1.29 is 27.5 Å². The molecule has 4 aliphatic rings. The van der Waals surface area contributed by atoms with E-state index >= 15 is 0 Å². The molecule has 9 nitrogen and oxygen atoms in total. The van der Waals surface area contributed by atoms with E-state index in [4.69, 9.17) is 4.42 Å². The fourth-order valence-electron chi connectivity index (χ4n) is 5.83. The molecule has 1 saturated carbocycles. The second-order valence-electron chi connectivity index (χ2n) is 10.7. The number of sulfonamides is 1. The van der Waals surface area contributed by atoms with Gasteiger partial charge < -0.3 is 19.3 Å². The number of carboxylic acids is 1. The predicted molar refractivity (Wildman–Crippen MR) is 164 cm³/mol. The summed E-state index contributed by atoms with van der Waals surface area (Å²) in [5.41, 5.74) is 3.96. The molecule has 1 amide bonds. The van der Waals surface area contributed by atoms with Crippen molar-refractivity contribution in [1.82, 2.24) is 14.5 Å². The summed E-state index contributed by atoms with van der Waals surface area (Å²) >= 11 is 3.74. The number of rotatable bonds is 10. The Balaban J connectivity index is 1.45. The molecule has 43 heavy (non-hydrogen) atoms. The number of halogens is 1. The third-order valence-corrected chi connectivity index (χ3v) is 10.1. The minimum atomic E-state index is -4.12. The average Bonchev–Trinajstić information content (AvgIpc) is 3.73. The number of carboxylic acid groups (broad SMARTS) is 1. The van der Waals surface area contributed by atoms with Gasteiger partial charge in [0, 0.05) is 39.9 Å². The number of aliphatic carboxylic acids is 1. The lowest BCUT2D eigenvalue weighted by atomic mass is 9.97. The van der Waals surface area contributed by atoms with Crippen molar-refractivity contribution in [2.45, 2.75) is 56.3 Å². The van der Waals surface area contributed by atoms with Crippen LogP contribution in [0.3, 0.4) is 0 Å². The molecule has 11 heteroatoms. The van der Waals surface area contributed by atoms with Crippen LogP contribution in [0.2, 0.25) is 0 Å². The molecular weight excluding hydrogens is 634 g/mol. The minimum absolute atomic E-state index is 0.0208. The second kappa shape index (κ2) is 11.5. The molecule has 2 aliphatic heterocycles. The Bertz CT molecular complexity index is 1800. The lowest BCUT2D eigenvalue weighted by molar-refractivity contribution is -0.134. The number of carbonyl (C=O) groups excluding carboxylic acids is 1.